The fourth-order valence-corrected chi connectivity index (χ4v) is 2.04. The van der Waals surface area contributed by atoms with Crippen LogP contribution in [0.5, 0.6) is 5.75 Å². The Morgan fingerprint density at radius 1 is 1.30 bits per heavy atom. The molecule has 0 amide bonds. The van der Waals surface area contributed by atoms with Crippen LogP contribution in [0.1, 0.15) is 5.56 Å². The van der Waals surface area contributed by atoms with Crippen molar-refractivity contribution in [2.24, 2.45) is 0 Å². The Balaban J connectivity index is 2.20. The molecule has 104 valence electrons. The van der Waals surface area contributed by atoms with Crippen LogP contribution in [0.15, 0.2) is 40.9 Å². The quantitative estimate of drug-likeness (QED) is 0.655. The third kappa shape index (κ3) is 3.24. The lowest BCUT2D eigenvalue weighted by molar-refractivity contribution is -0.384. The summed E-state index contributed by atoms with van der Waals surface area (Å²) in [6, 6.07) is 7.89. The van der Waals surface area contributed by atoms with E-state index in [0.717, 1.165) is 6.07 Å². The van der Waals surface area contributed by atoms with Gasteiger partial charge in [0.15, 0.2) is 0 Å². The van der Waals surface area contributed by atoms with Gasteiger partial charge in [-0.3, -0.25) is 10.1 Å². The molecular weight excluding hydrogens is 331 g/mol. The highest BCUT2D eigenvalue weighted by Crippen LogP contribution is 2.28. The Kier molecular flexibility index (Phi) is 4.19. The second kappa shape index (κ2) is 5.87. The van der Waals surface area contributed by atoms with Crippen LogP contribution in [0.4, 0.5) is 15.8 Å². The number of halogens is 2. The molecule has 2 N–H and O–H groups in total. The van der Waals surface area contributed by atoms with Gasteiger partial charge in [-0.2, -0.15) is 0 Å². The number of aromatic hydroxyl groups is 1. The number of non-ortho nitro benzene ring substituents is 1. The molecule has 0 atom stereocenters. The van der Waals surface area contributed by atoms with E-state index >= 15 is 0 Å². The molecule has 2 aromatic carbocycles. The first-order chi connectivity index (χ1) is 9.47. The largest absolute Gasteiger partial charge is 0.508 e. The number of benzene rings is 2. The van der Waals surface area contributed by atoms with Gasteiger partial charge in [-0.05, 0) is 40.2 Å². The van der Waals surface area contributed by atoms with Gasteiger partial charge in [0.1, 0.15) is 11.6 Å². The highest BCUT2D eigenvalue weighted by Gasteiger charge is 2.10. The van der Waals surface area contributed by atoms with Gasteiger partial charge >= 0.3 is 0 Å². The van der Waals surface area contributed by atoms with E-state index in [1.165, 1.54) is 24.3 Å². The predicted molar refractivity (Wildman–Crippen MR) is 76.2 cm³/mol. The maximum atomic E-state index is 13.1. The minimum absolute atomic E-state index is 0.0412. The molecule has 0 spiro atoms. The number of nitrogens with zero attached hydrogens (tertiary/aromatic N) is 1. The summed E-state index contributed by atoms with van der Waals surface area (Å²) in [4.78, 5) is 10.2. The molecular formula is C13H10BrFN2O3. The standard InChI is InChI=1S/C13H10BrFN2O3/c14-11-3-2-10(17(19)20)6-12(11)16-7-8-5-9(15)1-4-13(8)18/h1-6,16,18H,7H2. The van der Waals surface area contributed by atoms with Crippen molar-refractivity contribution in [3.8, 4) is 5.75 Å². The second-order valence-corrected chi connectivity index (χ2v) is 4.90. The summed E-state index contributed by atoms with van der Waals surface area (Å²) in [6.45, 7) is 0.142. The number of nitro groups is 1. The van der Waals surface area contributed by atoms with Crippen LogP contribution in [-0.4, -0.2) is 10.0 Å². The number of hydrogen-bond acceptors (Lipinski definition) is 4. The molecule has 0 unspecified atom stereocenters. The molecule has 20 heavy (non-hydrogen) atoms. The van der Waals surface area contributed by atoms with Gasteiger partial charge in [0.2, 0.25) is 0 Å². The van der Waals surface area contributed by atoms with E-state index in [-0.39, 0.29) is 18.0 Å². The van der Waals surface area contributed by atoms with Gasteiger partial charge in [-0.15, -0.1) is 0 Å². The molecule has 0 aliphatic rings. The Labute approximate surface area is 122 Å². The topological polar surface area (TPSA) is 75.4 Å². The Morgan fingerprint density at radius 2 is 2.05 bits per heavy atom. The van der Waals surface area contributed by atoms with Crippen molar-refractivity contribution >= 4 is 27.3 Å². The highest BCUT2D eigenvalue weighted by molar-refractivity contribution is 9.10. The molecule has 0 saturated heterocycles. The number of nitro benzene ring substituents is 1. The van der Waals surface area contributed by atoms with E-state index in [9.17, 15) is 19.6 Å². The van der Waals surface area contributed by atoms with Gasteiger partial charge < -0.3 is 10.4 Å². The van der Waals surface area contributed by atoms with Crippen molar-refractivity contribution in [3.63, 3.8) is 0 Å². The number of phenols is 1. The van der Waals surface area contributed by atoms with Gasteiger partial charge in [-0.25, -0.2) is 4.39 Å². The van der Waals surface area contributed by atoms with Crippen molar-refractivity contribution in [1.29, 1.82) is 0 Å². The van der Waals surface area contributed by atoms with Crippen molar-refractivity contribution in [2.45, 2.75) is 6.54 Å². The summed E-state index contributed by atoms with van der Waals surface area (Å²) in [6.07, 6.45) is 0. The first-order valence-electron chi connectivity index (χ1n) is 5.62. The SMILES string of the molecule is O=[N+]([O-])c1ccc(Br)c(NCc2cc(F)ccc2O)c1. The predicted octanol–water partition coefficient (Wildman–Crippen LogP) is 3.81. The lowest BCUT2D eigenvalue weighted by Crippen LogP contribution is -2.01. The molecule has 0 fully saturated rings. The minimum atomic E-state index is -0.503. The molecule has 2 aromatic rings. The molecule has 0 bridgehead atoms. The number of nitrogens with one attached hydrogen (secondary N) is 1. The van der Waals surface area contributed by atoms with Gasteiger partial charge in [0.25, 0.3) is 5.69 Å². The minimum Gasteiger partial charge on any atom is -0.508 e. The molecule has 0 aliphatic heterocycles. The fourth-order valence-electron chi connectivity index (χ4n) is 1.65. The summed E-state index contributed by atoms with van der Waals surface area (Å²) in [7, 11) is 0. The average Bonchev–Trinajstić information content (AvgIpc) is 2.41. The lowest BCUT2D eigenvalue weighted by atomic mass is 10.2. The summed E-state index contributed by atoms with van der Waals surface area (Å²) >= 11 is 3.26. The third-order valence-corrected chi connectivity index (χ3v) is 3.36. The molecule has 0 saturated carbocycles. The van der Waals surface area contributed by atoms with E-state index in [1.807, 2.05) is 0 Å². The number of anilines is 1. The lowest BCUT2D eigenvalue weighted by Gasteiger charge is -2.10. The fraction of sp³-hybridized carbons (Fsp3) is 0.0769. The van der Waals surface area contributed by atoms with E-state index in [2.05, 4.69) is 21.2 Å². The first-order valence-corrected chi connectivity index (χ1v) is 6.42. The monoisotopic (exact) mass is 340 g/mol. The zero-order valence-electron chi connectivity index (χ0n) is 10.1. The van der Waals surface area contributed by atoms with Gasteiger partial charge in [0, 0.05) is 28.7 Å². The average molecular weight is 341 g/mol. The van der Waals surface area contributed by atoms with Crippen LogP contribution in [-0.2, 0) is 6.54 Å². The van der Waals surface area contributed by atoms with E-state index < -0.39 is 10.7 Å². The van der Waals surface area contributed by atoms with Gasteiger partial charge in [0.05, 0.1) is 10.6 Å². The molecule has 0 aliphatic carbocycles. The number of hydrogen-bond donors (Lipinski definition) is 2. The zero-order valence-corrected chi connectivity index (χ0v) is 11.7. The van der Waals surface area contributed by atoms with Crippen LogP contribution >= 0.6 is 15.9 Å². The summed E-state index contributed by atoms with van der Waals surface area (Å²) < 4.78 is 13.7. The highest BCUT2D eigenvalue weighted by atomic mass is 79.9. The van der Waals surface area contributed by atoms with E-state index in [1.54, 1.807) is 6.07 Å². The third-order valence-electron chi connectivity index (χ3n) is 2.67. The van der Waals surface area contributed by atoms with Crippen LogP contribution in [0.2, 0.25) is 0 Å². The zero-order chi connectivity index (χ0) is 14.7. The van der Waals surface area contributed by atoms with Crippen LogP contribution in [0.3, 0.4) is 0 Å². The van der Waals surface area contributed by atoms with Gasteiger partial charge in [-0.1, -0.05) is 0 Å². The summed E-state index contributed by atoms with van der Waals surface area (Å²) in [5.41, 5.74) is 0.797. The smallest absolute Gasteiger partial charge is 0.271 e. The Bertz CT molecular complexity index is 664. The van der Waals surface area contributed by atoms with Crippen molar-refractivity contribution in [3.05, 3.63) is 62.4 Å². The normalized spacial score (nSPS) is 10.3. The van der Waals surface area contributed by atoms with Crippen LogP contribution < -0.4 is 5.32 Å². The maximum Gasteiger partial charge on any atom is 0.271 e. The number of rotatable bonds is 4. The van der Waals surface area contributed by atoms with E-state index in [4.69, 9.17) is 0 Å². The first kappa shape index (κ1) is 14.3. The summed E-state index contributed by atoms with van der Waals surface area (Å²) in [5.74, 6) is -0.502. The van der Waals surface area contributed by atoms with Crippen LogP contribution in [0, 0.1) is 15.9 Å². The Morgan fingerprint density at radius 3 is 2.75 bits per heavy atom. The second-order valence-electron chi connectivity index (χ2n) is 4.05. The van der Waals surface area contributed by atoms with Crippen molar-refractivity contribution in [2.75, 3.05) is 5.32 Å². The van der Waals surface area contributed by atoms with Crippen molar-refractivity contribution in [1.82, 2.24) is 0 Å². The molecule has 0 aromatic heterocycles. The molecule has 2 rings (SSSR count). The molecule has 0 heterocycles. The Hall–Kier alpha value is -2.15. The number of phenolic OH excluding ortho intramolecular Hbond substituents is 1. The molecule has 7 heteroatoms. The van der Waals surface area contributed by atoms with E-state index in [0.29, 0.717) is 15.7 Å². The van der Waals surface area contributed by atoms with Crippen LogP contribution in [0.25, 0.3) is 0 Å². The van der Waals surface area contributed by atoms with Crippen molar-refractivity contribution < 1.29 is 14.4 Å². The maximum absolute atomic E-state index is 13.1. The molecule has 0 radical (unpaired) electrons. The molecule has 5 nitrogen and oxygen atoms in total. The summed E-state index contributed by atoms with van der Waals surface area (Å²) in [5, 5.41) is 23.2.